The number of nitrogens with one attached hydrogen (secondary N) is 2. The topological polar surface area (TPSA) is 111 Å². The van der Waals surface area contributed by atoms with E-state index < -0.39 is 36.2 Å². The zero-order chi connectivity index (χ0) is 19.1. The minimum Gasteiger partial charge on any atom is -0.462 e. The van der Waals surface area contributed by atoms with E-state index in [0.717, 1.165) is 6.42 Å². The lowest BCUT2D eigenvalue weighted by atomic mass is 9.80. The quantitative estimate of drug-likeness (QED) is 0.580. The lowest BCUT2D eigenvalue weighted by Crippen LogP contribution is -2.44. The second-order valence-corrected chi connectivity index (χ2v) is 7.48. The highest BCUT2D eigenvalue weighted by Gasteiger charge is 2.64. The van der Waals surface area contributed by atoms with Crippen LogP contribution in [0.4, 0.5) is 0 Å². The summed E-state index contributed by atoms with van der Waals surface area (Å²) in [4.78, 5) is 48.0. The number of fused-ring (bicyclic) bond motifs is 1. The Bertz CT molecular complexity index is 809. The van der Waals surface area contributed by atoms with Gasteiger partial charge in [-0.25, -0.2) is 0 Å². The summed E-state index contributed by atoms with van der Waals surface area (Å²) in [6, 6.07) is 6.11. The number of hydrogen-bond acceptors (Lipinski definition) is 6. The Labute approximate surface area is 159 Å². The largest absolute Gasteiger partial charge is 0.462 e. The summed E-state index contributed by atoms with van der Waals surface area (Å²) in [5.74, 6) is -2.95. The van der Waals surface area contributed by atoms with Crippen LogP contribution in [-0.2, 0) is 23.9 Å². The van der Waals surface area contributed by atoms with Crippen LogP contribution < -0.4 is 10.9 Å². The maximum atomic E-state index is 12.4. The van der Waals surface area contributed by atoms with Crippen LogP contribution in [0.1, 0.15) is 23.2 Å². The van der Waals surface area contributed by atoms with E-state index in [1.807, 2.05) is 0 Å². The summed E-state index contributed by atoms with van der Waals surface area (Å²) >= 11 is 5.75. The number of carbonyl (C=O) groups is 4. The number of amides is 2. The van der Waals surface area contributed by atoms with Crippen LogP contribution in [0, 0.1) is 23.7 Å². The molecule has 1 heterocycles. The molecule has 2 N–H and O–H groups in total. The average molecular weight is 393 g/mol. The summed E-state index contributed by atoms with van der Waals surface area (Å²) in [6.45, 7) is -0.543. The van der Waals surface area contributed by atoms with Crippen molar-refractivity contribution in [2.24, 2.45) is 23.7 Å². The van der Waals surface area contributed by atoms with Gasteiger partial charge in [0.15, 0.2) is 6.61 Å². The number of rotatable bonds is 4. The zero-order valence-electron chi connectivity index (χ0n) is 14.1. The van der Waals surface area contributed by atoms with Crippen molar-refractivity contribution < 1.29 is 28.7 Å². The van der Waals surface area contributed by atoms with Crippen molar-refractivity contribution in [3.8, 4) is 0 Å². The Morgan fingerprint density at radius 2 is 1.89 bits per heavy atom. The predicted octanol–water partition coefficient (Wildman–Crippen LogP) is 0.842. The molecule has 2 amide bonds. The van der Waals surface area contributed by atoms with Crippen molar-refractivity contribution in [1.29, 1.82) is 0 Å². The Hall–Kier alpha value is -2.61. The Morgan fingerprint density at radius 1 is 1.15 bits per heavy atom. The summed E-state index contributed by atoms with van der Waals surface area (Å²) in [7, 11) is 0. The summed E-state index contributed by atoms with van der Waals surface area (Å²) in [5, 5.41) is 0.487. The van der Waals surface area contributed by atoms with Crippen LogP contribution in [0.2, 0.25) is 5.02 Å². The summed E-state index contributed by atoms with van der Waals surface area (Å²) in [6.07, 6.45) is 1.39. The molecule has 1 saturated heterocycles. The third kappa shape index (κ3) is 3.25. The summed E-state index contributed by atoms with van der Waals surface area (Å²) < 4.78 is 10.3. The van der Waals surface area contributed by atoms with Crippen molar-refractivity contribution in [3.05, 3.63) is 34.9 Å². The van der Waals surface area contributed by atoms with E-state index >= 15 is 0 Å². The molecule has 3 aliphatic rings. The Balaban J connectivity index is 1.25. The fourth-order valence-corrected chi connectivity index (χ4v) is 4.52. The van der Waals surface area contributed by atoms with E-state index in [0.29, 0.717) is 17.0 Å². The normalized spacial score (nSPS) is 30.0. The number of ether oxygens (including phenoxy) is 2. The smallest absolute Gasteiger partial charge is 0.310 e. The van der Waals surface area contributed by atoms with Crippen molar-refractivity contribution in [3.63, 3.8) is 0 Å². The number of carbonyl (C=O) groups excluding carboxylic acids is 4. The van der Waals surface area contributed by atoms with Gasteiger partial charge in [-0.05, 0) is 43.0 Å². The molecule has 1 aromatic rings. The molecule has 4 rings (SSSR count). The first kappa shape index (κ1) is 17.8. The molecule has 9 heteroatoms. The van der Waals surface area contributed by atoms with Gasteiger partial charge in [-0.15, -0.1) is 0 Å². The monoisotopic (exact) mass is 392 g/mol. The first-order valence-electron chi connectivity index (χ1n) is 8.66. The van der Waals surface area contributed by atoms with E-state index in [1.54, 1.807) is 12.1 Å². The van der Waals surface area contributed by atoms with Gasteiger partial charge >= 0.3 is 11.9 Å². The highest BCUT2D eigenvalue weighted by atomic mass is 35.5. The molecule has 2 aliphatic carbocycles. The fraction of sp³-hybridized carbons (Fsp3) is 0.444. The summed E-state index contributed by atoms with van der Waals surface area (Å²) in [5.41, 5.74) is 4.72. The van der Waals surface area contributed by atoms with Gasteiger partial charge in [0.2, 0.25) is 0 Å². The number of hydrogen-bond donors (Lipinski definition) is 2. The lowest BCUT2D eigenvalue weighted by Gasteiger charge is -2.22. The minimum absolute atomic E-state index is 0.0663. The lowest BCUT2D eigenvalue weighted by molar-refractivity contribution is -0.158. The SMILES string of the molecule is O=C(COC(=O)[C@@H]1[C@@H]2C[C@@H]3[C@H]1C(=O)O[C@@H]3C2)NNC(=O)c1ccc(Cl)cc1. The van der Waals surface area contributed by atoms with Gasteiger partial charge in [0.25, 0.3) is 11.8 Å². The first-order valence-corrected chi connectivity index (χ1v) is 9.03. The van der Waals surface area contributed by atoms with Gasteiger partial charge in [0, 0.05) is 16.5 Å². The van der Waals surface area contributed by atoms with Gasteiger partial charge in [-0.1, -0.05) is 11.6 Å². The molecule has 2 saturated carbocycles. The van der Waals surface area contributed by atoms with Crippen molar-refractivity contribution in [2.45, 2.75) is 18.9 Å². The molecule has 2 bridgehead atoms. The van der Waals surface area contributed by atoms with Crippen LogP contribution in [0.25, 0.3) is 0 Å². The maximum absolute atomic E-state index is 12.4. The van der Waals surface area contributed by atoms with Gasteiger partial charge in [0.1, 0.15) is 6.10 Å². The van der Waals surface area contributed by atoms with Crippen LogP contribution >= 0.6 is 11.6 Å². The predicted molar refractivity (Wildman–Crippen MR) is 91.1 cm³/mol. The van der Waals surface area contributed by atoms with E-state index in [9.17, 15) is 19.2 Å². The van der Waals surface area contributed by atoms with E-state index in [-0.39, 0.29) is 23.9 Å². The van der Waals surface area contributed by atoms with E-state index in [1.165, 1.54) is 12.1 Å². The molecule has 8 nitrogen and oxygen atoms in total. The third-order valence-corrected chi connectivity index (χ3v) is 5.77. The first-order chi connectivity index (χ1) is 12.9. The molecule has 3 fully saturated rings. The molecule has 1 aliphatic heterocycles. The van der Waals surface area contributed by atoms with E-state index in [2.05, 4.69) is 10.9 Å². The number of benzene rings is 1. The van der Waals surface area contributed by atoms with Gasteiger partial charge in [-0.3, -0.25) is 30.0 Å². The molecule has 0 spiro atoms. The maximum Gasteiger partial charge on any atom is 0.310 e. The Kier molecular flexibility index (Phi) is 4.51. The van der Waals surface area contributed by atoms with Crippen molar-refractivity contribution in [1.82, 2.24) is 10.9 Å². The molecule has 0 unspecified atom stereocenters. The molecule has 5 atom stereocenters. The molecule has 27 heavy (non-hydrogen) atoms. The van der Waals surface area contributed by atoms with Crippen LogP contribution in [0.15, 0.2) is 24.3 Å². The Morgan fingerprint density at radius 3 is 2.63 bits per heavy atom. The van der Waals surface area contributed by atoms with Crippen LogP contribution in [-0.4, -0.2) is 36.5 Å². The average Bonchev–Trinajstić information content (AvgIpc) is 3.27. The molecule has 142 valence electrons. The number of halogens is 1. The number of esters is 2. The second kappa shape index (κ2) is 6.84. The van der Waals surface area contributed by atoms with Crippen molar-refractivity contribution in [2.75, 3.05) is 6.61 Å². The van der Waals surface area contributed by atoms with Crippen molar-refractivity contribution >= 4 is 35.4 Å². The molecule has 0 radical (unpaired) electrons. The highest BCUT2D eigenvalue weighted by Crippen LogP contribution is 2.57. The molecular weight excluding hydrogens is 376 g/mol. The fourth-order valence-electron chi connectivity index (χ4n) is 4.39. The zero-order valence-corrected chi connectivity index (χ0v) is 14.9. The van der Waals surface area contributed by atoms with Gasteiger partial charge in [-0.2, -0.15) is 0 Å². The second-order valence-electron chi connectivity index (χ2n) is 7.04. The van der Waals surface area contributed by atoms with Crippen LogP contribution in [0.3, 0.4) is 0 Å². The van der Waals surface area contributed by atoms with Gasteiger partial charge in [0.05, 0.1) is 11.8 Å². The highest BCUT2D eigenvalue weighted by molar-refractivity contribution is 6.30. The standard InChI is InChI=1S/C18H17ClN2O6/c19-10-3-1-8(2-4-10)16(23)21-20-13(22)7-26-17(24)14-9-5-11-12(6-9)27-18(25)15(11)14/h1-4,9,11-12,14-15H,5-7H2,(H,20,22)(H,21,23)/t9-,11+,12-,14-,15-/m1/s1. The molecular formula is C18H17ClN2O6. The van der Waals surface area contributed by atoms with Crippen LogP contribution in [0.5, 0.6) is 0 Å². The van der Waals surface area contributed by atoms with E-state index in [4.69, 9.17) is 21.1 Å². The molecule has 1 aromatic carbocycles. The number of hydrazine groups is 1. The van der Waals surface area contributed by atoms with Gasteiger partial charge < -0.3 is 9.47 Å². The third-order valence-electron chi connectivity index (χ3n) is 5.52. The minimum atomic E-state index is -0.680. The molecule has 0 aromatic heterocycles.